The molecular formula is C49H92O6. The lowest BCUT2D eigenvalue weighted by molar-refractivity contribution is -0.167. The van der Waals surface area contributed by atoms with Gasteiger partial charge in [0.2, 0.25) is 0 Å². The molecule has 0 spiro atoms. The lowest BCUT2D eigenvalue weighted by Gasteiger charge is -2.18. The molecule has 0 heterocycles. The highest BCUT2D eigenvalue weighted by atomic mass is 16.6. The number of esters is 3. The highest BCUT2D eigenvalue weighted by Crippen LogP contribution is 2.15. The number of rotatable bonds is 44. The van der Waals surface area contributed by atoms with Gasteiger partial charge in [0.15, 0.2) is 6.10 Å². The topological polar surface area (TPSA) is 78.9 Å². The first kappa shape index (κ1) is 53.1. The van der Waals surface area contributed by atoms with Crippen LogP contribution < -0.4 is 0 Å². The van der Waals surface area contributed by atoms with Crippen LogP contribution in [0.5, 0.6) is 0 Å². The Kier molecular flexibility index (Phi) is 43.4. The van der Waals surface area contributed by atoms with E-state index in [9.17, 15) is 14.4 Å². The second-order valence-corrected chi connectivity index (χ2v) is 16.4. The highest BCUT2D eigenvalue weighted by Gasteiger charge is 2.19. The minimum absolute atomic E-state index is 0.0733. The summed E-state index contributed by atoms with van der Waals surface area (Å²) in [6, 6.07) is 0. The van der Waals surface area contributed by atoms with Gasteiger partial charge in [0.1, 0.15) is 13.2 Å². The molecule has 0 aromatic heterocycles. The van der Waals surface area contributed by atoms with Gasteiger partial charge in [-0.25, -0.2) is 0 Å². The lowest BCUT2D eigenvalue weighted by atomic mass is 10.0. The molecule has 1 atom stereocenters. The Morgan fingerprint density at radius 2 is 0.600 bits per heavy atom. The van der Waals surface area contributed by atoms with Crippen LogP contribution in [0.2, 0.25) is 0 Å². The molecule has 0 rings (SSSR count). The number of allylic oxidation sites excluding steroid dienone is 2. The molecule has 0 fully saturated rings. The van der Waals surface area contributed by atoms with Crippen molar-refractivity contribution >= 4 is 17.9 Å². The Balaban J connectivity index is 4.36. The van der Waals surface area contributed by atoms with Gasteiger partial charge in [0, 0.05) is 19.3 Å². The first-order valence-electron chi connectivity index (χ1n) is 24.2. The van der Waals surface area contributed by atoms with E-state index in [-0.39, 0.29) is 31.1 Å². The number of carbonyl (C=O) groups is 3. The fraction of sp³-hybridized carbons (Fsp3) is 0.898. The Hall–Kier alpha value is -1.85. The summed E-state index contributed by atoms with van der Waals surface area (Å²) in [7, 11) is 0. The van der Waals surface area contributed by atoms with E-state index in [4.69, 9.17) is 14.2 Å². The molecule has 0 N–H and O–H groups in total. The Bertz CT molecular complexity index is 854. The zero-order valence-electron chi connectivity index (χ0n) is 37.0. The number of carbonyl (C=O) groups excluding carboxylic acids is 3. The van der Waals surface area contributed by atoms with Gasteiger partial charge in [-0.15, -0.1) is 0 Å². The molecule has 0 aromatic carbocycles. The average molecular weight is 777 g/mol. The molecule has 6 nitrogen and oxygen atoms in total. The van der Waals surface area contributed by atoms with Crippen LogP contribution in [0.25, 0.3) is 0 Å². The van der Waals surface area contributed by atoms with Gasteiger partial charge in [-0.3, -0.25) is 14.4 Å². The molecule has 0 saturated heterocycles. The van der Waals surface area contributed by atoms with E-state index in [0.29, 0.717) is 19.3 Å². The third-order valence-electron chi connectivity index (χ3n) is 10.8. The van der Waals surface area contributed by atoms with Crippen LogP contribution in [0.3, 0.4) is 0 Å². The van der Waals surface area contributed by atoms with Crippen LogP contribution in [0.1, 0.15) is 265 Å². The summed E-state index contributed by atoms with van der Waals surface area (Å²) in [6.45, 7) is 6.62. The number of unbranched alkanes of at least 4 members (excludes halogenated alkanes) is 31. The molecule has 0 radical (unpaired) electrons. The summed E-state index contributed by atoms with van der Waals surface area (Å²) in [5.41, 5.74) is 0. The van der Waals surface area contributed by atoms with Gasteiger partial charge in [0.05, 0.1) is 0 Å². The van der Waals surface area contributed by atoms with Gasteiger partial charge in [0.25, 0.3) is 0 Å². The first-order valence-corrected chi connectivity index (χ1v) is 24.2. The summed E-state index contributed by atoms with van der Waals surface area (Å²) in [4.78, 5) is 37.8. The Labute approximate surface area is 341 Å². The van der Waals surface area contributed by atoms with Gasteiger partial charge in [-0.05, 0) is 44.9 Å². The zero-order chi connectivity index (χ0) is 40.1. The predicted molar refractivity (Wildman–Crippen MR) is 233 cm³/mol. The van der Waals surface area contributed by atoms with E-state index in [2.05, 4.69) is 32.9 Å². The van der Waals surface area contributed by atoms with Crippen LogP contribution in [0.4, 0.5) is 0 Å². The molecule has 0 saturated carbocycles. The van der Waals surface area contributed by atoms with Crippen molar-refractivity contribution in [3.8, 4) is 0 Å². The summed E-state index contributed by atoms with van der Waals surface area (Å²) >= 11 is 0. The minimum atomic E-state index is -0.772. The Morgan fingerprint density at radius 3 is 0.945 bits per heavy atom. The fourth-order valence-corrected chi connectivity index (χ4v) is 7.08. The SMILES string of the molecule is CCCCCCCCC/C=C\CCCCC(=O)OC(COC(=O)CCCCCCCCCCCCC)COC(=O)CCCCCCCCCCCCCCC. The van der Waals surface area contributed by atoms with E-state index >= 15 is 0 Å². The molecule has 0 aliphatic heterocycles. The van der Waals surface area contributed by atoms with Crippen LogP contribution in [0, 0.1) is 0 Å². The molecule has 0 aliphatic carbocycles. The lowest BCUT2D eigenvalue weighted by Crippen LogP contribution is -2.30. The quantitative estimate of drug-likeness (QED) is 0.0265. The van der Waals surface area contributed by atoms with Gasteiger partial charge in [-0.2, -0.15) is 0 Å². The summed E-state index contributed by atoms with van der Waals surface area (Å²) in [5, 5.41) is 0. The number of hydrogen-bond donors (Lipinski definition) is 0. The van der Waals surface area contributed by atoms with Crippen molar-refractivity contribution in [1.82, 2.24) is 0 Å². The third-order valence-corrected chi connectivity index (χ3v) is 10.8. The maximum atomic E-state index is 12.7. The standard InChI is InChI=1S/C49H92O6/c1-4-7-10-13-16-19-22-24-27-30-33-36-39-42-48(51)54-45-46(44-53-47(50)41-38-35-32-29-26-21-18-15-12-9-6-3)55-49(52)43-40-37-34-31-28-25-23-20-17-14-11-8-5-2/h28,31,46H,4-27,29-30,32-45H2,1-3H3/b31-28-. The van der Waals surface area contributed by atoms with Crippen LogP contribution in [-0.2, 0) is 28.6 Å². The summed E-state index contributed by atoms with van der Waals surface area (Å²) in [5.74, 6) is -0.885. The normalized spacial score (nSPS) is 12.0. The van der Waals surface area contributed by atoms with E-state index in [1.54, 1.807) is 0 Å². The van der Waals surface area contributed by atoms with Gasteiger partial charge >= 0.3 is 17.9 Å². The van der Waals surface area contributed by atoms with E-state index in [1.165, 1.54) is 161 Å². The molecule has 0 aromatic rings. The highest BCUT2D eigenvalue weighted by molar-refractivity contribution is 5.71. The second kappa shape index (κ2) is 44.9. The van der Waals surface area contributed by atoms with Crippen molar-refractivity contribution in [2.24, 2.45) is 0 Å². The van der Waals surface area contributed by atoms with Crippen LogP contribution in [-0.4, -0.2) is 37.2 Å². The predicted octanol–water partition coefficient (Wildman–Crippen LogP) is 15.4. The van der Waals surface area contributed by atoms with Crippen molar-refractivity contribution in [2.45, 2.75) is 271 Å². The molecular weight excluding hydrogens is 685 g/mol. The second-order valence-electron chi connectivity index (χ2n) is 16.4. The smallest absolute Gasteiger partial charge is 0.306 e. The molecule has 0 amide bonds. The maximum Gasteiger partial charge on any atom is 0.306 e. The molecule has 324 valence electrons. The fourth-order valence-electron chi connectivity index (χ4n) is 7.08. The van der Waals surface area contributed by atoms with E-state index in [1.807, 2.05) is 0 Å². The monoisotopic (exact) mass is 777 g/mol. The van der Waals surface area contributed by atoms with Crippen molar-refractivity contribution < 1.29 is 28.6 Å². The summed E-state index contributed by atoms with van der Waals surface area (Å²) < 4.78 is 16.7. The molecule has 0 aliphatic rings. The molecule has 1 unspecified atom stereocenters. The number of ether oxygens (including phenoxy) is 3. The zero-order valence-corrected chi connectivity index (χ0v) is 37.0. The van der Waals surface area contributed by atoms with Crippen LogP contribution in [0.15, 0.2) is 12.2 Å². The van der Waals surface area contributed by atoms with Crippen molar-refractivity contribution in [3.63, 3.8) is 0 Å². The summed E-state index contributed by atoms with van der Waals surface area (Å²) in [6.07, 6.45) is 47.6. The van der Waals surface area contributed by atoms with E-state index < -0.39 is 6.10 Å². The van der Waals surface area contributed by atoms with Crippen molar-refractivity contribution in [3.05, 3.63) is 12.2 Å². The largest absolute Gasteiger partial charge is 0.462 e. The van der Waals surface area contributed by atoms with Crippen molar-refractivity contribution in [1.29, 1.82) is 0 Å². The Morgan fingerprint density at radius 1 is 0.345 bits per heavy atom. The maximum absolute atomic E-state index is 12.7. The molecule has 6 heteroatoms. The third kappa shape index (κ3) is 43.1. The molecule has 0 bridgehead atoms. The first-order chi connectivity index (χ1) is 27.0. The van der Waals surface area contributed by atoms with Gasteiger partial charge in [-0.1, -0.05) is 213 Å². The van der Waals surface area contributed by atoms with Crippen LogP contribution >= 0.6 is 0 Å². The molecule has 55 heavy (non-hydrogen) atoms. The van der Waals surface area contributed by atoms with E-state index in [0.717, 1.165) is 64.2 Å². The minimum Gasteiger partial charge on any atom is -0.462 e. The van der Waals surface area contributed by atoms with Crippen molar-refractivity contribution in [2.75, 3.05) is 13.2 Å². The average Bonchev–Trinajstić information content (AvgIpc) is 3.18. The number of hydrogen-bond acceptors (Lipinski definition) is 6. The van der Waals surface area contributed by atoms with Gasteiger partial charge < -0.3 is 14.2 Å².